The first kappa shape index (κ1) is 12.0. The lowest BCUT2D eigenvalue weighted by molar-refractivity contribution is -0.0405. The van der Waals surface area contributed by atoms with Gasteiger partial charge in [-0.05, 0) is 45.4 Å². The quantitative estimate of drug-likeness (QED) is 0.756. The summed E-state index contributed by atoms with van der Waals surface area (Å²) >= 11 is 0. The fourth-order valence-electron chi connectivity index (χ4n) is 2.22. The smallest absolute Gasteiger partial charge is 0.0674 e. The molecule has 0 bridgehead atoms. The molecule has 0 heterocycles. The molecule has 0 amide bonds. The molecule has 0 spiro atoms. The van der Waals surface area contributed by atoms with Gasteiger partial charge in [-0.25, -0.2) is 0 Å². The van der Waals surface area contributed by atoms with Gasteiger partial charge in [0.15, 0.2) is 0 Å². The van der Waals surface area contributed by atoms with Gasteiger partial charge in [-0.15, -0.1) is 0 Å². The zero-order valence-electron chi connectivity index (χ0n) is 9.97. The van der Waals surface area contributed by atoms with Crippen LogP contribution in [0, 0.1) is 5.92 Å². The van der Waals surface area contributed by atoms with Crippen LogP contribution in [0.2, 0.25) is 0 Å². The second kappa shape index (κ2) is 4.19. The predicted molar refractivity (Wildman–Crippen MR) is 58.3 cm³/mol. The van der Waals surface area contributed by atoms with Crippen molar-refractivity contribution in [3.63, 3.8) is 0 Å². The zero-order chi connectivity index (χ0) is 10.8. The summed E-state index contributed by atoms with van der Waals surface area (Å²) in [4.78, 5) is 0. The van der Waals surface area contributed by atoms with Gasteiger partial charge in [-0.1, -0.05) is 13.3 Å². The third-order valence-corrected chi connectivity index (χ3v) is 3.88. The molecule has 1 saturated carbocycles. The van der Waals surface area contributed by atoms with Gasteiger partial charge in [0.25, 0.3) is 0 Å². The maximum atomic E-state index is 10.4. The largest absolute Gasteiger partial charge is 0.390 e. The van der Waals surface area contributed by atoms with E-state index < -0.39 is 5.60 Å². The van der Waals surface area contributed by atoms with Crippen molar-refractivity contribution in [1.29, 1.82) is 0 Å². The third kappa shape index (κ3) is 2.71. The van der Waals surface area contributed by atoms with Crippen LogP contribution in [0.3, 0.4) is 0 Å². The Morgan fingerprint density at radius 3 is 2.57 bits per heavy atom. The zero-order valence-corrected chi connectivity index (χ0v) is 9.97. The van der Waals surface area contributed by atoms with Gasteiger partial charge in [-0.2, -0.15) is 0 Å². The van der Waals surface area contributed by atoms with Crippen LogP contribution in [0.4, 0.5) is 0 Å². The molecule has 0 aromatic heterocycles. The van der Waals surface area contributed by atoms with Crippen molar-refractivity contribution in [3.05, 3.63) is 0 Å². The van der Waals surface area contributed by atoms with Crippen LogP contribution in [0.1, 0.15) is 52.9 Å². The minimum absolute atomic E-state index is 0.0992. The fraction of sp³-hybridized carbons (Fsp3) is 1.00. The van der Waals surface area contributed by atoms with Crippen LogP contribution < -0.4 is 0 Å². The Balaban J connectivity index is 2.44. The van der Waals surface area contributed by atoms with Crippen molar-refractivity contribution in [1.82, 2.24) is 0 Å². The molecule has 0 saturated heterocycles. The lowest BCUT2D eigenvalue weighted by atomic mass is 9.84. The van der Waals surface area contributed by atoms with Gasteiger partial charge in [0.1, 0.15) is 0 Å². The second-order valence-corrected chi connectivity index (χ2v) is 5.36. The number of ether oxygens (including phenoxy) is 1. The molecular weight excluding hydrogens is 176 g/mol. The number of hydrogen-bond acceptors (Lipinski definition) is 2. The van der Waals surface area contributed by atoms with Crippen LogP contribution in [0.5, 0.6) is 0 Å². The first-order chi connectivity index (χ1) is 6.40. The Kier molecular flexibility index (Phi) is 3.59. The molecule has 1 N–H and O–H groups in total. The summed E-state index contributed by atoms with van der Waals surface area (Å²) in [5.74, 6) is 0.454. The first-order valence-corrected chi connectivity index (χ1v) is 5.67. The highest BCUT2D eigenvalue weighted by Crippen LogP contribution is 2.39. The van der Waals surface area contributed by atoms with E-state index in [1.807, 2.05) is 0 Å². The van der Waals surface area contributed by atoms with E-state index in [1.54, 1.807) is 7.11 Å². The third-order valence-electron chi connectivity index (χ3n) is 3.88. The molecule has 14 heavy (non-hydrogen) atoms. The lowest BCUT2D eigenvalue weighted by Gasteiger charge is -2.32. The van der Waals surface area contributed by atoms with Crippen LogP contribution in [-0.4, -0.2) is 23.4 Å². The van der Waals surface area contributed by atoms with E-state index in [4.69, 9.17) is 4.74 Å². The van der Waals surface area contributed by atoms with Gasteiger partial charge < -0.3 is 9.84 Å². The van der Waals surface area contributed by atoms with Crippen LogP contribution in [0.15, 0.2) is 0 Å². The van der Waals surface area contributed by atoms with Crippen molar-refractivity contribution in [2.75, 3.05) is 7.11 Å². The summed E-state index contributed by atoms with van der Waals surface area (Å²) in [6.07, 6.45) is 5.11. The molecule has 0 aliphatic heterocycles. The molecule has 2 unspecified atom stereocenters. The van der Waals surface area contributed by atoms with Crippen molar-refractivity contribution in [3.8, 4) is 0 Å². The molecular formula is C12H24O2. The van der Waals surface area contributed by atoms with Crippen molar-refractivity contribution in [2.24, 2.45) is 5.92 Å². The van der Waals surface area contributed by atoms with Gasteiger partial charge in [-0.3, -0.25) is 0 Å². The molecule has 1 fully saturated rings. The molecule has 0 aromatic carbocycles. The average molecular weight is 200 g/mol. The average Bonchev–Trinajstić information content (AvgIpc) is 2.45. The molecule has 0 radical (unpaired) electrons. The predicted octanol–water partition coefficient (Wildman–Crippen LogP) is 2.74. The highest BCUT2D eigenvalue weighted by molar-refractivity contribution is 4.91. The molecule has 84 valence electrons. The van der Waals surface area contributed by atoms with E-state index >= 15 is 0 Å². The summed E-state index contributed by atoms with van der Waals surface area (Å²) in [6, 6.07) is 0. The Bertz CT molecular complexity index is 189. The Hall–Kier alpha value is -0.0800. The molecule has 2 nitrogen and oxygen atoms in total. The van der Waals surface area contributed by atoms with Crippen LogP contribution in [-0.2, 0) is 4.74 Å². The van der Waals surface area contributed by atoms with E-state index in [0.29, 0.717) is 5.92 Å². The highest BCUT2D eigenvalue weighted by Gasteiger charge is 2.38. The molecule has 1 rings (SSSR count). The van der Waals surface area contributed by atoms with Crippen molar-refractivity contribution < 1.29 is 9.84 Å². The fourth-order valence-corrected chi connectivity index (χ4v) is 2.22. The number of rotatable bonds is 4. The van der Waals surface area contributed by atoms with Gasteiger partial charge in [0, 0.05) is 7.11 Å². The SMILES string of the molecule is COC(C)(C)CCC1(O)CCCC1C. The van der Waals surface area contributed by atoms with E-state index in [9.17, 15) is 5.11 Å². The summed E-state index contributed by atoms with van der Waals surface area (Å²) in [6.45, 7) is 6.32. The summed E-state index contributed by atoms with van der Waals surface area (Å²) in [5, 5.41) is 10.4. The summed E-state index contributed by atoms with van der Waals surface area (Å²) in [5.41, 5.74) is -0.520. The highest BCUT2D eigenvalue weighted by atomic mass is 16.5. The Morgan fingerprint density at radius 1 is 1.50 bits per heavy atom. The first-order valence-electron chi connectivity index (χ1n) is 5.67. The minimum atomic E-state index is -0.421. The standard InChI is InChI=1S/C12H24O2/c1-10-6-5-7-12(10,13)9-8-11(2,3)14-4/h10,13H,5-9H2,1-4H3. The van der Waals surface area contributed by atoms with Gasteiger partial charge in [0.05, 0.1) is 11.2 Å². The maximum Gasteiger partial charge on any atom is 0.0674 e. The number of hydrogen-bond donors (Lipinski definition) is 1. The summed E-state index contributed by atoms with van der Waals surface area (Å²) in [7, 11) is 1.74. The topological polar surface area (TPSA) is 29.5 Å². The number of aliphatic hydroxyl groups is 1. The van der Waals surface area contributed by atoms with E-state index in [1.165, 1.54) is 12.8 Å². The summed E-state index contributed by atoms with van der Waals surface area (Å²) < 4.78 is 5.37. The molecule has 2 heteroatoms. The Labute approximate surface area is 87.7 Å². The molecule has 0 aromatic rings. The van der Waals surface area contributed by atoms with E-state index in [0.717, 1.165) is 19.3 Å². The normalized spacial score (nSPS) is 33.6. The van der Waals surface area contributed by atoms with Crippen molar-refractivity contribution in [2.45, 2.75) is 64.1 Å². The minimum Gasteiger partial charge on any atom is -0.390 e. The van der Waals surface area contributed by atoms with Crippen LogP contribution >= 0.6 is 0 Å². The molecule has 1 aliphatic carbocycles. The lowest BCUT2D eigenvalue weighted by Crippen LogP contribution is -2.35. The van der Waals surface area contributed by atoms with Gasteiger partial charge in [0.2, 0.25) is 0 Å². The van der Waals surface area contributed by atoms with E-state index in [-0.39, 0.29) is 5.60 Å². The number of methoxy groups -OCH3 is 1. The second-order valence-electron chi connectivity index (χ2n) is 5.36. The Morgan fingerprint density at radius 2 is 2.14 bits per heavy atom. The van der Waals surface area contributed by atoms with E-state index in [2.05, 4.69) is 20.8 Å². The molecule has 2 atom stereocenters. The molecule has 1 aliphatic rings. The monoisotopic (exact) mass is 200 g/mol. The van der Waals surface area contributed by atoms with Crippen LogP contribution in [0.25, 0.3) is 0 Å². The maximum absolute atomic E-state index is 10.4. The van der Waals surface area contributed by atoms with Gasteiger partial charge >= 0.3 is 0 Å². The van der Waals surface area contributed by atoms with Crippen molar-refractivity contribution >= 4 is 0 Å².